The average molecular weight is 284 g/mol. The van der Waals surface area contributed by atoms with Crippen molar-refractivity contribution in [3.63, 3.8) is 0 Å². The monoisotopic (exact) mass is 284 g/mol. The SMILES string of the molecule is Fc1cc2c(c(F)c1I)OCO2. The van der Waals surface area contributed by atoms with Gasteiger partial charge in [-0.15, -0.1) is 0 Å². The van der Waals surface area contributed by atoms with Crippen LogP contribution in [0.25, 0.3) is 0 Å². The summed E-state index contributed by atoms with van der Waals surface area (Å²) in [4.78, 5) is 0. The van der Waals surface area contributed by atoms with Gasteiger partial charge in [0.15, 0.2) is 11.6 Å². The Hall–Kier alpha value is -0.590. The Labute approximate surface area is 80.6 Å². The van der Waals surface area contributed by atoms with Crippen LogP contribution in [0.2, 0.25) is 0 Å². The second kappa shape index (κ2) is 2.72. The molecule has 0 spiro atoms. The highest BCUT2D eigenvalue weighted by atomic mass is 127. The number of fused-ring (bicyclic) bond motifs is 1. The second-order valence-electron chi connectivity index (χ2n) is 2.22. The molecule has 1 aliphatic rings. The van der Waals surface area contributed by atoms with Crippen molar-refractivity contribution in [2.75, 3.05) is 6.79 Å². The van der Waals surface area contributed by atoms with E-state index < -0.39 is 11.6 Å². The van der Waals surface area contributed by atoms with E-state index in [9.17, 15) is 8.78 Å². The Balaban J connectivity index is 2.67. The Bertz CT molecular complexity index is 341. The van der Waals surface area contributed by atoms with E-state index in [0.29, 0.717) is 0 Å². The standard InChI is InChI=1S/C7H3F2IO2/c8-3-1-4-7(12-2-11-4)5(9)6(3)10/h1H,2H2. The number of halogens is 3. The summed E-state index contributed by atoms with van der Waals surface area (Å²) in [7, 11) is 0. The van der Waals surface area contributed by atoms with E-state index >= 15 is 0 Å². The van der Waals surface area contributed by atoms with E-state index in [4.69, 9.17) is 9.47 Å². The van der Waals surface area contributed by atoms with Crippen LogP contribution in [-0.4, -0.2) is 6.79 Å². The first kappa shape index (κ1) is 8.03. The van der Waals surface area contributed by atoms with Crippen LogP contribution >= 0.6 is 22.6 Å². The molecule has 0 saturated heterocycles. The molecule has 2 nitrogen and oxygen atoms in total. The van der Waals surface area contributed by atoms with Crippen LogP contribution in [0.5, 0.6) is 11.5 Å². The molecule has 0 bridgehead atoms. The number of benzene rings is 1. The molecule has 1 aliphatic heterocycles. The van der Waals surface area contributed by atoms with Crippen LogP contribution in [0.1, 0.15) is 0 Å². The van der Waals surface area contributed by atoms with Crippen LogP contribution in [0.3, 0.4) is 0 Å². The van der Waals surface area contributed by atoms with Crippen LogP contribution in [0, 0.1) is 15.2 Å². The maximum Gasteiger partial charge on any atom is 0.231 e. The maximum atomic E-state index is 13.1. The molecule has 1 aromatic rings. The minimum absolute atomic E-state index is 0.000741. The lowest BCUT2D eigenvalue weighted by Crippen LogP contribution is -1.94. The van der Waals surface area contributed by atoms with Crippen LogP contribution < -0.4 is 9.47 Å². The predicted octanol–water partition coefficient (Wildman–Crippen LogP) is 2.30. The van der Waals surface area contributed by atoms with Gasteiger partial charge in [0, 0.05) is 6.07 Å². The highest BCUT2D eigenvalue weighted by Crippen LogP contribution is 2.37. The minimum atomic E-state index is -0.692. The molecule has 12 heavy (non-hydrogen) atoms. The fraction of sp³-hybridized carbons (Fsp3) is 0.143. The Morgan fingerprint density at radius 1 is 1.33 bits per heavy atom. The molecule has 0 aliphatic carbocycles. The number of ether oxygens (including phenoxy) is 2. The Morgan fingerprint density at radius 2 is 2.08 bits per heavy atom. The van der Waals surface area contributed by atoms with Gasteiger partial charge in [0.05, 0.1) is 3.57 Å². The van der Waals surface area contributed by atoms with E-state index in [0.717, 1.165) is 6.07 Å². The normalized spacial score (nSPS) is 13.6. The number of rotatable bonds is 0. The van der Waals surface area contributed by atoms with Crippen molar-refractivity contribution in [2.24, 2.45) is 0 Å². The molecule has 64 valence electrons. The van der Waals surface area contributed by atoms with E-state index in [2.05, 4.69) is 0 Å². The van der Waals surface area contributed by atoms with Gasteiger partial charge in [0.25, 0.3) is 0 Å². The van der Waals surface area contributed by atoms with Gasteiger partial charge in [0.1, 0.15) is 5.82 Å². The van der Waals surface area contributed by atoms with Crippen molar-refractivity contribution in [2.45, 2.75) is 0 Å². The third-order valence-corrected chi connectivity index (χ3v) is 2.49. The van der Waals surface area contributed by atoms with Crippen molar-refractivity contribution < 1.29 is 18.3 Å². The van der Waals surface area contributed by atoms with Crippen molar-refractivity contribution >= 4 is 22.6 Å². The summed E-state index contributed by atoms with van der Waals surface area (Å²) in [6.45, 7) is -0.0498. The van der Waals surface area contributed by atoms with Crippen molar-refractivity contribution in [1.29, 1.82) is 0 Å². The Morgan fingerprint density at radius 3 is 2.83 bits per heavy atom. The summed E-state index contributed by atoms with van der Waals surface area (Å²) >= 11 is 1.58. The smallest absolute Gasteiger partial charge is 0.231 e. The van der Waals surface area contributed by atoms with Gasteiger partial charge in [-0.05, 0) is 22.6 Å². The molecule has 5 heteroatoms. The van der Waals surface area contributed by atoms with Crippen LogP contribution in [0.4, 0.5) is 8.78 Å². The summed E-state index contributed by atoms with van der Waals surface area (Å²) in [5.41, 5.74) is 0. The van der Waals surface area contributed by atoms with Gasteiger partial charge < -0.3 is 9.47 Å². The van der Waals surface area contributed by atoms with Crippen molar-refractivity contribution in [1.82, 2.24) is 0 Å². The lowest BCUT2D eigenvalue weighted by Gasteiger charge is -2.00. The van der Waals surface area contributed by atoms with E-state index in [1.54, 1.807) is 22.6 Å². The quantitative estimate of drug-likeness (QED) is 0.537. The molecule has 0 saturated carbocycles. The first-order chi connectivity index (χ1) is 5.70. The zero-order chi connectivity index (χ0) is 8.72. The third-order valence-electron chi connectivity index (χ3n) is 1.50. The zero-order valence-corrected chi connectivity index (χ0v) is 7.89. The molecule has 0 N–H and O–H groups in total. The molecule has 2 rings (SSSR count). The topological polar surface area (TPSA) is 18.5 Å². The molecular weight excluding hydrogens is 281 g/mol. The minimum Gasteiger partial charge on any atom is -0.453 e. The molecular formula is C7H3F2IO2. The number of hydrogen-bond acceptors (Lipinski definition) is 2. The molecule has 1 heterocycles. The summed E-state index contributed by atoms with van der Waals surface area (Å²) < 4.78 is 35.5. The molecule has 1 aromatic carbocycles. The summed E-state index contributed by atoms with van der Waals surface area (Å²) in [6.07, 6.45) is 0. The van der Waals surface area contributed by atoms with E-state index in [-0.39, 0.29) is 21.9 Å². The molecule has 0 radical (unpaired) electrons. The Kier molecular flexibility index (Phi) is 1.82. The number of hydrogen-bond donors (Lipinski definition) is 0. The summed E-state index contributed by atoms with van der Waals surface area (Å²) in [5, 5.41) is 0. The fourth-order valence-corrected chi connectivity index (χ4v) is 1.35. The maximum absolute atomic E-state index is 13.1. The van der Waals surface area contributed by atoms with Gasteiger partial charge in [-0.3, -0.25) is 0 Å². The predicted molar refractivity (Wildman–Crippen MR) is 45.2 cm³/mol. The molecule has 0 unspecified atom stereocenters. The second-order valence-corrected chi connectivity index (χ2v) is 3.30. The first-order valence-electron chi connectivity index (χ1n) is 3.13. The lowest BCUT2D eigenvalue weighted by atomic mass is 10.3. The van der Waals surface area contributed by atoms with E-state index in [1.807, 2.05) is 0 Å². The summed E-state index contributed by atoms with van der Waals surface area (Å²) in [6, 6.07) is 1.12. The van der Waals surface area contributed by atoms with Crippen LogP contribution in [0.15, 0.2) is 6.07 Å². The molecule has 0 atom stereocenters. The average Bonchev–Trinajstić information content (AvgIpc) is 2.48. The highest BCUT2D eigenvalue weighted by molar-refractivity contribution is 14.1. The van der Waals surface area contributed by atoms with Gasteiger partial charge in [-0.25, -0.2) is 8.78 Å². The lowest BCUT2D eigenvalue weighted by molar-refractivity contribution is 0.170. The van der Waals surface area contributed by atoms with E-state index in [1.165, 1.54) is 0 Å². The fourth-order valence-electron chi connectivity index (χ4n) is 0.950. The van der Waals surface area contributed by atoms with Gasteiger partial charge in [-0.1, -0.05) is 0 Å². The molecule has 0 fully saturated rings. The largest absolute Gasteiger partial charge is 0.453 e. The molecule has 0 amide bonds. The van der Waals surface area contributed by atoms with Crippen LogP contribution in [-0.2, 0) is 0 Å². The van der Waals surface area contributed by atoms with Gasteiger partial charge in [-0.2, -0.15) is 0 Å². The third kappa shape index (κ3) is 1.03. The molecule has 0 aromatic heterocycles. The summed E-state index contributed by atoms with van der Waals surface area (Å²) in [5.74, 6) is -1.19. The van der Waals surface area contributed by atoms with Crippen molar-refractivity contribution in [3.05, 3.63) is 21.3 Å². The van der Waals surface area contributed by atoms with Crippen molar-refractivity contribution in [3.8, 4) is 11.5 Å². The highest BCUT2D eigenvalue weighted by Gasteiger charge is 2.23. The van der Waals surface area contributed by atoms with Gasteiger partial charge >= 0.3 is 0 Å². The first-order valence-corrected chi connectivity index (χ1v) is 4.21. The zero-order valence-electron chi connectivity index (χ0n) is 5.73. The van der Waals surface area contributed by atoms with Gasteiger partial charge in [0.2, 0.25) is 12.5 Å².